The Bertz CT molecular complexity index is 1020. The number of rotatable bonds is 9. The van der Waals surface area contributed by atoms with Crippen LogP contribution >= 0.6 is 0 Å². The number of hydrogen-bond donors (Lipinski definition) is 1. The minimum atomic E-state index is -4.09. The van der Waals surface area contributed by atoms with Gasteiger partial charge in [0.25, 0.3) is 0 Å². The quantitative estimate of drug-likeness (QED) is 0.534. The van der Waals surface area contributed by atoms with Gasteiger partial charge in [-0.1, -0.05) is 0 Å². The first kappa shape index (κ1) is 24.9. The fourth-order valence-corrected chi connectivity index (χ4v) is 7.76. The van der Waals surface area contributed by atoms with E-state index in [2.05, 4.69) is 10.2 Å². The number of carbonyl (C=O) groups is 1. The van der Waals surface area contributed by atoms with E-state index in [0.29, 0.717) is 31.9 Å². The summed E-state index contributed by atoms with van der Waals surface area (Å²) in [6, 6.07) is 3.76. The summed E-state index contributed by atoms with van der Waals surface area (Å²) in [7, 11) is -6.01. The number of sulfonamides is 1. The lowest BCUT2D eigenvalue weighted by Gasteiger charge is -2.30. The lowest BCUT2D eigenvalue weighted by atomic mass is 10.2. The van der Waals surface area contributed by atoms with Crippen molar-refractivity contribution in [3.63, 3.8) is 0 Å². The average Bonchev–Trinajstić information content (AvgIpc) is 3.10. The number of anilines is 1. The number of hydrogen-bond acceptors (Lipinski definition) is 8. The molecule has 0 aromatic heterocycles. The molecule has 1 aromatic carbocycles. The van der Waals surface area contributed by atoms with Crippen molar-refractivity contribution in [3.8, 4) is 5.75 Å². The molecule has 0 radical (unpaired) electrons. The van der Waals surface area contributed by atoms with Gasteiger partial charge in [0.15, 0.2) is 9.84 Å². The van der Waals surface area contributed by atoms with E-state index >= 15 is 0 Å². The molecule has 1 aromatic rings. The van der Waals surface area contributed by atoms with Crippen molar-refractivity contribution in [2.45, 2.75) is 30.7 Å². The van der Waals surface area contributed by atoms with Crippen LogP contribution in [0.15, 0.2) is 23.1 Å². The molecule has 0 unspecified atom stereocenters. The standard InChI is InChI=1S/C20H31N3O7S2/c1-16(24)21-17-4-5-19(29-2)20(14-17)32(27,28)23(18-6-13-31(25,26)15-18)8-3-7-22-9-11-30-12-10-22/h4-5,14,18H,3,6-13,15H2,1-2H3,(H,21,24)/t18-/m0/s1. The van der Waals surface area contributed by atoms with Gasteiger partial charge in [-0.05, 0) is 37.6 Å². The van der Waals surface area contributed by atoms with Crippen LogP contribution in [0.5, 0.6) is 5.75 Å². The van der Waals surface area contributed by atoms with Crippen molar-refractivity contribution in [3.05, 3.63) is 18.2 Å². The Balaban J connectivity index is 1.88. The zero-order chi connectivity index (χ0) is 23.4. The molecule has 0 saturated carbocycles. The maximum atomic E-state index is 13.7. The normalized spacial score (nSPS) is 21.5. The molecular weight excluding hydrogens is 458 g/mol. The highest BCUT2D eigenvalue weighted by Gasteiger charge is 2.39. The van der Waals surface area contributed by atoms with Crippen LogP contribution in [0.3, 0.4) is 0 Å². The lowest BCUT2D eigenvalue weighted by Crippen LogP contribution is -2.43. The van der Waals surface area contributed by atoms with Gasteiger partial charge in [-0.15, -0.1) is 0 Å². The molecule has 12 heteroatoms. The number of carbonyl (C=O) groups excluding carboxylic acids is 1. The summed E-state index contributed by atoms with van der Waals surface area (Å²) in [6.45, 7) is 5.09. The molecule has 1 atom stereocenters. The summed E-state index contributed by atoms with van der Waals surface area (Å²) < 4.78 is 63.6. The van der Waals surface area contributed by atoms with Crippen LogP contribution < -0.4 is 10.1 Å². The van der Waals surface area contributed by atoms with Crippen molar-refractivity contribution in [2.24, 2.45) is 0 Å². The van der Waals surface area contributed by atoms with Crippen LogP contribution in [0.4, 0.5) is 5.69 Å². The summed E-state index contributed by atoms with van der Waals surface area (Å²) in [4.78, 5) is 13.6. The Morgan fingerprint density at radius 1 is 1.31 bits per heavy atom. The molecular formula is C20H31N3O7S2. The number of nitrogens with zero attached hydrogens (tertiary/aromatic N) is 2. The molecule has 2 aliphatic heterocycles. The number of ether oxygens (including phenoxy) is 2. The zero-order valence-electron chi connectivity index (χ0n) is 18.4. The molecule has 1 N–H and O–H groups in total. The largest absolute Gasteiger partial charge is 0.495 e. The molecule has 180 valence electrons. The third-order valence-electron chi connectivity index (χ3n) is 5.64. The molecule has 2 saturated heterocycles. The van der Waals surface area contributed by atoms with Crippen molar-refractivity contribution < 1.29 is 31.1 Å². The van der Waals surface area contributed by atoms with E-state index in [-0.39, 0.29) is 41.0 Å². The zero-order valence-corrected chi connectivity index (χ0v) is 20.1. The average molecular weight is 490 g/mol. The summed E-state index contributed by atoms with van der Waals surface area (Å²) in [6.07, 6.45) is 0.816. The second kappa shape index (κ2) is 10.5. The SMILES string of the molecule is COc1ccc(NC(C)=O)cc1S(=O)(=O)N(CCCN1CCOCC1)[C@H]1CCS(=O)(=O)C1. The molecule has 32 heavy (non-hydrogen) atoms. The molecule has 0 spiro atoms. The van der Waals surface area contributed by atoms with E-state index in [1.165, 1.54) is 30.5 Å². The van der Waals surface area contributed by atoms with E-state index < -0.39 is 25.9 Å². The van der Waals surface area contributed by atoms with Crippen LogP contribution in [0.1, 0.15) is 19.8 Å². The Morgan fingerprint density at radius 3 is 2.62 bits per heavy atom. The van der Waals surface area contributed by atoms with Gasteiger partial charge in [-0.25, -0.2) is 16.8 Å². The molecule has 10 nitrogen and oxygen atoms in total. The number of amides is 1. The van der Waals surface area contributed by atoms with Gasteiger partial charge in [-0.3, -0.25) is 9.69 Å². The van der Waals surface area contributed by atoms with Crippen molar-refractivity contribution in [1.82, 2.24) is 9.21 Å². The minimum absolute atomic E-state index is 0.0315. The second-order valence-electron chi connectivity index (χ2n) is 8.03. The smallest absolute Gasteiger partial charge is 0.247 e. The molecule has 3 rings (SSSR count). The first-order chi connectivity index (χ1) is 15.1. The molecule has 2 heterocycles. The van der Waals surface area contributed by atoms with E-state index in [1.54, 1.807) is 6.07 Å². The van der Waals surface area contributed by atoms with Crippen molar-refractivity contribution in [1.29, 1.82) is 0 Å². The summed E-state index contributed by atoms with van der Waals surface area (Å²) in [5, 5.41) is 2.58. The van der Waals surface area contributed by atoms with Crippen LogP contribution in [0.2, 0.25) is 0 Å². The van der Waals surface area contributed by atoms with Crippen LogP contribution in [0, 0.1) is 0 Å². The minimum Gasteiger partial charge on any atom is -0.495 e. The van der Waals surface area contributed by atoms with E-state index in [4.69, 9.17) is 9.47 Å². The highest BCUT2D eigenvalue weighted by atomic mass is 32.2. The van der Waals surface area contributed by atoms with Gasteiger partial charge >= 0.3 is 0 Å². The first-order valence-corrected chi connectivity index (χ1v) is 13.9. The monoisotopic (exact) mass is 489 g/mol. The maximum Gasteiger partial charge on any atom is 0.247 e. The van der Waals surface area contributed by atoms with Crippen LogP contribution in [-0.4, -0.2) is 96.0 Å². The highest BCUT2D eigenvalue weighted by molar-refractivity contribution is 7.92. The topological polar surface area (TPSA) is 122 Å². The third-order valence-corrected chi connectivity index (χ3v) is 9.37. The first-order valence-electron chi connectivity index (χ1n) is 10.6. The maximum absolute atomic E-state index is 13.7. The molecule has 2 fully saturated rings. The molecule has 2 aliphatic rings. The number of morpholine rings is 1. The Hall–Kier alpha value is -1.73. The molecule has 1 amide bonds. The lowest BCUT2D eigenvalue weighted by molar-refractivity contribution is -0.114. The Morgan fingerprint density at radius 2 is 2.03 bits per heavy atom. The van der Waals surface area contributed by atoms with Gasteiger partial charge in [-0.2, -0.15) is 4.31 Å². The van der Waals surface area contributed by atoms with Crippen molar-refractivity contribution in [2.75, 3.05) is 63.3 Å². The fraction of sp³-hybridized carbons (Fsp3) is 0.650. The molecule has 0 aliphatic carbocycles. The predicted octanol–water partition coefficient (Wildman–Crippen LogP) is 0.554. The number of methoxy groups -OCH3 is 1. The second-order valence-corrected chi connectivity index (χ2v) is 12.1. The third kappa shape index (κ3) is 6.19. The summed E-state index contributed by atoms with van der Waals surface area (Å²) in [5.41, 5.74) is 0.323. The van der Waals surface area contributed by atoms with Crippen molar-refractivity contribution >= 4 is 31.5 Å². The van der Waals surface area contributed by atoms with E-state index in [0.717, 1.165) is 13.1 Å². The fourth-order valence-electron chi connectivity index (χ4n) is 4.06. The van der Waals surface area contributed by atoms with E-state index in [9.17, 15) is 21.6 Å². The van der Waals surface area contributed by atoms with Crippen LogP contribution in [0.25, 0.3) is 0 Å². The number of benzene rings is 1. The number of nitrogens with one attached hydrogen (secondary N) is 1. The van der Waals surface area contributed by atoms with Crippen LogP contribution in [-0.2, 0) is 29.4 Å². The summed E-state index contributed by atoms with van der Waals surface area (Å²) in [5.74, 6) is -0.422. The highest BCUT2D eigenvalue weighted by Crippen LogP contribution is 2.33. The van der Waals surface area contributed by atoms with Gasteiger partial charge < -0.3 is 14.8 Å². The van der Waals surface area contributed by atoms with Gasteiger partial charge in [0.05, 0.1) is 31.8 Å². The Kier molecular flexibility index (Phi) is 8.15. The summed E-state index contributed by atoms with van der Waals surface area (Å²) >= 11 is 0. The van der Waals surface area contributed by atoms with Gasteiger partial charge in [0.1, 0.15) is 10.6 Å². The molecule has 0 bridgehead atoms. The van der Waals surface area contributed by atoms with Gasteiger partial charge in [0, 0.05) is 38.3 Å². The number of sulfone groups is 1. The van der Waals surface area contributed by atoms with Gasteiger partial charge in [0.2, 0.25) is 15.9 Å². The van der Waals surface area contributed by atoms with E-state index in [1.807, 2.05) is 0 Å². The Labute approximate surface area is 189 Å². The predicted molar refractivity (Wildman–Crippen MR) is 120 cm³/mol.